The van der Waals surface area contributed by atoms with E-state index in [1.165, 1.54) is 7.11 Å². The summed E-state index contributed by atoms with van der Waals surface area (Å²) in [4.78, 5) is 13.8. The number of ether oxygens (including phenoxy) is 2. The van der Waals surface area contributed by atoms with E-state index >= 15 is 0 Å². The molecule has 0 amide bonds. The molecule has 0 aromatic heterocycles. The van der Waals surface area contributed by atoms with Gasteiger partial charge in [0.1, 0.15) is 6.07 Å². The monoisotopic (exact) mass is 274 g/mol. The van der Waals surface area contributed by atoms with Crippen molar-refractivity contribution in [1.29, 1.82) is 5.26 Å². The second-order valence-electron chi connectivity index (χ2n) is 4.76. The van der Waals surface area contributed by atoms with Gasteiger partial charge in [-0.05, 0) is 31.0 Å². The van der Waals surface area contributed by atoms with Crippen LogP contribution in [0.25, 0.3) is 0 Å². The minimum absolute atomic E-state index is 0.311. The van der Waals surface area contributed by atoms with Crippen LogP contribution in [-0.2, 0) is 9.47 Å². The number of nitrogens with zero attached hydrogens (tertiary/aromatic N) is 2. The lowest BCUT2D eigenvalue weighted by Gasteiger charge is -2.33. The summed E-state index contributed by atoms with van der Waals surface area (Å²) >= 11 is 0. The van der Waals surface area contributed by atoms with Crippen molar-refractivity contribution in [2.75, 3.05) is 32.2 Å². The van der Waals surface area contributed by atoms with Gasteiger partial charge >= 0.3 is 5.97 Å². The molecule has 1 aromatic rings. The zero-order valence-corrected chi connectivity index (χ0v) is 11.8. The first-order chi connectivity index (χ1) is 9.69. The molecule has 1 aromatic carbocycles. The van der Waals surface area contributed by atoms with Crippen LogP contribution in [0.1, 0.15) is 28.8 Å². The topological polar surface area (TPSA) is 62.6 Å². The van der Waals surface area contributed by atoms with Gasteiger partial charge in [0.2, 0.25) is 0 Å². The third kappa shape index (κ3) is 2.91. The molecular weight excluding hydrogens is 256 g/mol. The number of hydrogen-bond acceptors (Lipinski definition) is 5. The number of carbonyl (C=O) groups is 1. The van der Waals surface area contributed by atoms with Crippen molar-refractivity contribution in [3.05, 3.63) is 29.3 Å². The highest BCUT2D eigenvalue weighted by Gasteiger charge is 2.20. The molecule has 20 heavy (non-hydrogen) atoms. The fourth-order valence-corrected chi connectivity index (χ4v) is 2.46. The van der Waals surface area contributed by atoms with Crippen molar-refractivity contribution in [3.63, 3.8) is 0 Å². The molecule has 0 bridgehead atoms. The quantitative estimate of drug-likeness (QED) is 0.788. The molecule has 106 valence electrons. The smallest absolute Gasteiger partial charge is 0.339 e. The number of carbonyl (C=O) groups excluding carboxylic acids is 1. The number of piperidine rings is 1. The first-order valence-corrected chi connectivity index (χ1v) is 6.59. The molecule has 5 nitrogen and oxygen atoms in total. The Morgan fingerprint density at radius 3 is 2.60 bits per heavy atom. The van der Waals surface area contributed by atoms with Crippen LogP contribution >= 0.6 is 0 Å². The zero-order chi connectivity index (χ0) is 14.5. The summed E-state index contributed by atoms with van der Waals surface area (Å²) < 4.78 is 10.0. The number of benzene rings is 1. The number of anilines is 1. The molecule has 1 saturated heterocycles. The lowest BCUT2D eigenvalue weighted by atomic mass is 10.0. The molecule has 0 radical (unpaired) electrons. The summed E-state index contributed by atoms with van der Waals surface area (Å²) in [7, 11) is 3.05. The molecule has 0 saturated carbocycles. The Morgan fingerprint density at radius 2 is 2.05 bits per heavy atom. The molecule has 0 aliphatic carbocycles. The standard InChI is InChI=1S/C15H18N2O3/c1-19-13-5-7-17(8-6-13)12-3-4-14(15(18)20-2)11(9-12)10-16/h3-4,9,13H,5-8H2,1-2H3. The van der Waals surface area contributed by atoms with E-state index < -0.39 is 5.97 Å². The molecule has 5 heteroatoms. The van der Waals surface area contributed by atoms with Crippen LogP contribution in [0.5, 0.6) is 0 Å². The van der Waals surface area contributed by atoms with Gasteiger partial charge in [-0.25, -0.2) is 4.79 Å². The molecular formula is C15H18N2O3. The van der Waals surface area contributed by atoms with E-state index in [1.807, 2.05) is 6.07 Å². The van der Waals surface area contributed by atoms with Crippen molar-refractivity contribution in [1.82, 2.24) is 0 Å². The molecule has 1 heterocycles. The van der Waals surface area contributed by atoms with E-state index in [0.717, 1.165) is 31.6 Å². The van der Waals surface area contributed by atoms with Gasteiger partial charge in [-0.15, -0.1) is 0 Å². The first kappa shape index (κ1) is 14.4. The van der Waals surface area contributed by atoms with Crippen molar-refractivity contribution in [2.24, 2.45) is 0 Å². The molecule has 0 unspecified atom stereocenters. The van der Waals surface area contributed by atoms with E-state index in [1.54, 1.807) is 19.2 Å². The van der Waals surface area contributed by atoms with E-state index in [9.17, 15) is 4.79 Å². The molecule has 1 aliphatic rings. The Labute approximate surface area is 118 Å². The molecule has 1 aliphatic heterocycles. The van der Waals surface area contributed by atoms with E-state index in [0.29, 0.717) is 17.2 Å². The van der Waals surface area contributed by atoms with Crippen LogP contribution in [-0.4, -0.2) is 39.4 Å². The molecule has 0 N–H and O–H groups in total. The normalized spacial score (nSPS) is 15.8. The van der Waals surface area contributed by atoms with Crippen LogP contribution in [0.2, 0.25) is 0 Å². The molecule has 1 fully saturated rings. The van der Waals surface area contributed by atoms with Crippen LogP contribution < -0.4 is 4.90 Å². The van der Waals surface area contributed by atoms with Gasteiger partial charge in [0.15, 0.2) is 0 Å². The van der Waals surface area contributed by atoms with E-state index in [-0.39, 0.29) is 0 Å². The van der Waals surface area contributed by atoms with Crippen molar-refractivity contribution >= 4 is 11.7 Å². The minimum atomic E-state index is -0.480. The predicted molar refractivity (Wildman–Crippen MR) is 74.7 cm³/mol. The zero-order valence-electron chi connectivity index (χ0n) is 11.8. The SMILES string of the molecule is COC(=O)c1ccc(N2CCC(OC)CC2)cc1C#N. The summed E-state index contributed by atoms with van der Waals surface area (Å²) in [5, 5.41) is 9.17. The van der Waals surface area contributed by atoms with Crippen LogP contribution in [0.4, 0.5) is 5.69 Å². The maximum atomic E-state index is 11.6. The minimum Gasteiger partial charge on any atom is -0.465 e. The van der Waals surface area contributed by atoms with Gasteiger partial charge in [0.05, 0.1) is 24.3 Å². The second kappa shape index (κ2) is 6.40. The fraction of sp³-hybridized carbons (Fsp3) is 0.467. The lowest BCUT2D eigenvalue weighted by Crippen LogP contribution is -2.36. The van der Waals surface area contributed by atoms with Gasteiger partial charge in [-0.1, -0.05) is 0 Å². The number of methoxy groups -OCH3 is 2. The molecule has 0 atom stereocenters. The summed E-state index contributed by atoms with van der Waals surface area (Å²) in [6.45, 7) is 1.78. The Bertz CT molecular complexity index is 528. The summed E-state index contributed by atoms with van der Waals surface area (Å²) in [5.41, 5.74) is 1.62. The third-order valence-electron chi connectivity index (χ3n) is 3.67. The highest BCUT2D eigenvalue weighted by atomic mass is 16.5. The van der Waals surface area contributed by atoms with Gasteiger partial charge in [0, 0.05) is 25.9 Å². The van der Waals surface area contributed by atoms with Crippen LogP contribution in [0, 0.1) is 11.3 Å². The number of nitriles is 1. The highest BCUT2D eigenvalue weighted by Crippen LogP contribution is 2.24. The average Bonchev–Trinajstić information content (AvgIpc) is 2.53. The van der Waals surface area contributed by atoms with E-state index in [4.69, 9.17) is 10.00 Å². The van der Waals surface area contributed by atoms with Gasteiger partial charge in [0.25, 0.3) is 0 Å². The van der Waals surface area contributed by atoms with Crippen molar-refractivity contribution < 1.29 is 14.3 Å². The number of rotatable bonds is 3. The predicted octanol–water partition coefficient (Wildman–Crippen LogP) is 1.96. The van der Waals surface area contributed by atoms with Crippen LogP contribution in [0.3, 0.4) is 0 Å². The molecule has 2 rings (SSSR count). The fourth-order valence-electron chi connectivity index (χ4n) is 2.46. The lowest BCUT2D eigenvalue weighted by molar-refractivity contribution is 0.0600. The van der Waals surface area contributed by atoms with Gasteiger partial charge in [-0.3, -0.25) is 0 Å². The third-order valence-corrected chi connectivity index (χ3v) is 3.67. The first-order valence-electron chi connectivity index (χ1n) is 6.59. The molecule has 0 spiro atoms. The maximum absolute atomic E-state index is 11.6. The van der Waals surface area contributed by atoms with Crippen molar-refractivity contribution in [3.8, 4) is 6.07 Å². The largest absolute Gasteiger partial charge is 0.465 e. The Morgan fingerprint density at radius 1 is 1.35 bits per heavy atom. The number of hydrogen-bond donors (Lipinski definition) is 0. The number of esters is 1. The Kier molecular flexibility index (Phi) is 4.59. The summed E-state index contributed by atoms with van der Waals surface area (Å²) in [5.74, 6) is -0.480. The maximum Gasteiger partial charge on any atom is 0.339 e. The average molecular weight is 274 g/mol. The Balaban J connectivity index is 2.18. The Hall–Kier alpha value is -2.06. The van der Waals surface area contributed by atoms with Gasteiger partial charge in [-0.2, -0.15) is 5.26 Å². The second-order valence-corrected chi connectivity index (χ2v) is 4.76. The van der Waals surface area contributed by atoms with Crippen molar-refractivity contribution in [2.45, 2.75) is 18.9 Å². The summed E-state index contributed by atoms with van der Waals surface area (Å²) in [6.07, 6.45) is 2.25. The summed E-state index contributed by atoms with van der Waals surface area (Å²) in [6, 6.07) is 7.32. The van der Waals surface area contributed by atoms with E-state index in [2.05, 4.69) is 15.7 Å². The highest BCUT2D eigenvalue weighted by molar-refractivity contribution is 5.92. The van der Waals surface area contributed by atoms with Crippen LogP contribution in [0.15, 0.2) is 18.2 Å². The van der Waals surface area contributed by atoms with Gasteiger partial charge < -0.3 is 14.4 Å².